The van der Waals surface area contributed by atoms with Gasteiger partial charge in [-0.15, -0.1) is 0 Å². The van der Waals surface area contributed by atoms with Crippen LogP contribution in [0.25, 0.3) is 0 Å². The SMILES string of the molecule is O=C(O)CCN1CCN(Cc2ccccc2Cl)CC1. The predicted octanol–water partition coefficient (Wildman–Crippen LogP) is 1.93. The second kappa shape index (κ2) is 6.89. The molecule has 0 amide bonds. The van der Waals surface area contributed by atoms with Crippen molar-refractivity contribution in [1.29, 1.82) is 0 Å². The van der Waals surface area contributed by atoms with Gasteiger partial charge in [-0.3, -0.25) is 9.69 Å². The largest absolute Gasteiger partial charge is 0.481 e. The maximum Gasteiger partial charge on any atom is 0.304 e. The summed E-state index contributed by atoms with van der Waals surface area (Å²) in [5, 5.41) is 9.49. The molecule has 2 rings (SSSR count). The van der Waals surface area contributed by atoms with Gasteiger partial charge in [-0.05, 0) is 11.6 Å². The Labute approximate surface area is 118 Å². The maximum atomic E-state index is 10.5. The first kappa shape index (κ1) is 14.3. The molecule has 0 unspecified atom stereocenters. The van der Waals surface area contributed by atoms with Crippen LogP contribution in [0.2, 0.25) is 5.02 Å². The van der Waals surface area contributed by atoms with E-state index in [4.69, 9.17) is 16.7 Å². The van der Waals surface area contributed by atoms with Gasteiger partial charge in [-0.2, -0.15) is 0 Å². The number of aliphatic carboxylic acids is 1. The number of halogens is 1. The third-order valence-electron chi connectivity index (χ3n) is 3.46. The van der Waals surface area contributed by atoms with Gasteiger partial charge in [0.15, 0.2) is 0 Å². The first-order valence-electron chi connectivity index (χ1n) is 6.55. The van der Waals surface area contributed by atoms with E-state index in [1.807, 2.05) is 18.2 Å². The van der Waals surface area contributed by atoms with Gasteiger partial charge in [0.25, 0.3) is 0 Å². The predicted molar refractivity (Wildman–Crippen MR) is 75.4 cm³/mol. The van der Waals surface area contributed by atoms with Crippen molar-refractivity contribution >= 4 is 17.6 Å². The van der Waals surface area contributed by atoms with Crippen molar-refractivity contribution < 1.29 is 9.90 Å². The zero-order chi connectivity index (χ0) is 13.7. The molecule has 1 aliphatic heterocycles. The number of benzene rings is 1. The highest BCUT2D eigenvalue weighted by Gasteiger charge is 2.17. The fourth-order valence-electron chi connectivity index (χ4n) is 2.29. The van der Waals surface area contributed by atoms with E-state index in [0.29, 0.717) is 6.54 Å². The Balaban J connectivity index is 1.77. The Hall–Kier alpha value is -1.10. The summed E-state index contributed by atoms with van der Waals surface area (Å²) in [4.78, 5) is 15.1. The molecule has 19 heavy (non-hydrogen) atoms. The summed E-state index contributed by atoms with van der Waals surface area (Å²) in [6, 6.07) is 7.92. The van der Waals surface area contributed by atoms with E-state index < -0.39 is 5.97 Å². The third-order valence-corrected chi connectivity index (χ3v) is 3.83. The minimum absolute atomic E-state index is 0.227. The Morgan fingerprint density at radius 1 is 1.16 bits per heavy atom. The van der Waals surface area contributed by atoms with E-state index in [1.165, 1.54) is 0 Å². The van der Waals surface area contributed by atoms with Gasteiger partial charge in [-0.25, -0.2) is 0 Å². The quantitative estimate of drug-likeness (QED) is 0.896. The highest BCUT2D eigenvalue weighted by molar-refractivity contribution is 6.31. The second-order valence-corrected chi connectivity index (χ2v) is 5.26. The van der Waals surface area contributed by atoms with Gasteiger partial charge in [0.2, 0.25) is 0 Å². The topological polar surface area (TPSA) is 43.8 Å². The highest BCUT2D eigenvalue weighted by atomic mass is 35.5. The number of hydrogen-bond donors (Lipinski definition) is 1. The summed E-state index contributed by atoms with van der Waals surface area (Å²) in [5.41, 5.74) is 1.16. The van der Waals surface area contributed by atoms with Gasteiger partial charge < -0.3 is 10.0 Å². The molecule has 0 aromatic heterocycles. The zero-order valence-electron chi connectivity index (χ0n) is 10.9. The van der Waals surface area contributed by atoms with Crippen LogP contribution in [0, 0.1) is 0 Å². The van der Waals surface area contributed by atoms with Crippen molar-refractivity contribution in [3.05, 3.63) is 34.9 Å². The molecule has 1 aromatic carbocycles. The molecule has 0 saturated carbocycles. The lowest BCUT2D eigenvalue weighted by Crippen LogP contribution is -2.46. The molecule has 1 fully saturated rings. The summed E-state index contributed by atoms with van der Waals surface area (Å²) in [6.45, 7) is 5.30. The average Bonchev–Trinajstić information content (AvgIpc) is 2.40. The highest BCUT2D eigenvalue weighted by Crippen LogP contribution is 2.17. The van der Waals surface area contributed by atoms with Gasteiger partial charge in [0.1, 0.15) is 0 Å². The Morgan fingerprint density at radius 2 is 1.79 bits per heavy atom. The van der Waals surface area contributed by atoms with Crippen LogP contribution >= 0.6 is 11.6 Å². The van der Waals surface area contributed by atoms with E-state index in [-0.39, 0.29) is 6.42 Å². The Bertz CT molecular complexity index is 431. The minimum Gasteiger partial charge on any atom is -0.481 e. The fraction of sp³-hybridized carbons (Fsp3) is 0.500. The van der Waals surface area contributed by atoms with Crippen molar-refractivity contribution in [3.63, 3.8) is 0 Å². The van der Waals surface area contributed by atoms with Crippen LogP contribution in [0.5, 0.6) is 0 Å². The summed E-state index contributed by atoms with van der Waals surface area (Å²) in [5.74, 6) is -0.724. The zero-order valence-corrected chi connectivity index (χ0v) is 11.6. The number of carboxylic acids is 1. The van der Waals surface area contributed by atoms with Gasteiger partial charge in [0, 0.05) is 44.3 Å². The molecule has 1 saturated heterocycles. The number of nitrogens with zero attached hydrogens (tertiary/aromatic N) is 2. The van der Waals surface area contributed by atoms with Gasteiger partial charge >= 0.3 is 5.97 Å². The summed E-state index contributed by atoms with van der Waals surface area (Å²) < 4.78 is 0. The molecule has 1 heterocycles. The van der Waals surface area contributed by atoms with E-state index in [2.05, 4.69) is 15.9 Å². The van der Waals surface area contributed by atoms with Crippen molar-refractivity contribution in [2.45, 2.75) is 13.0 Å². The lowest BCUT2D eigenvalue weighted by atomic mass is 10.2. The molecule has 104 valence electrons. The molecular weight excluding hydrogens is 264 g/mol. The molecule has 4 nitrogen and oxygen atoms in total. The minimum atomic E-state index is -0.724. The summed E-state index contributed by atoms with van der Waals surface area (Å²) >= 11 is 6.15. The Kier molecular flexibility index (Phi) is 5.19. The molecular formula is C14H19ClN2O2. The lowest BCUT2D eigenvalue weighted by molar-refractivity contribution is -0.137. The first-order chi connectivity index (χ1) is 9.15. The van der Waals surface area contributed by atoms with E-state index in [1.54, 1.807) is 0 Å². The van der Waals surface area contributed by atoms with Crippen LogP contribution in [-0.4, -0.2) is 53.6 Å². The number of rotatable bonds is 5. The molecule has 0 spiro atoms. The number of carboxylic acid groups (broad SMARTS) is 1. The van der Waals surface area contributed by atoms with Crippen LogP contribution in [0.15, 0.2) is 24.3 Å². The van der Waals surface area contributed by atoms with Gasteiger partial charge in [0.05, 0.1) is 6.42 Å². The molecule has 1 aliphatic rings. The molecule has 0 aliphatic carbocycles. The van der Waals surface area contributed by atoms with Crippen molar-refractivity contribution in [3.8, 4) is 0 Å². The van der Waals surface area contributed by atoms with Crippen LogP contribution < -0.4 is 0 Å². The van der Waals surface area contributed by atoms with Crippen LogP contribution in [0.1, 0.15) is 12.0 Å². The first-order valence-corrected chi connectivity index (χ1v) is 6.93. The third kappa shape index (κ3) is 4.49. The number of carbonyl (C=O) groups is 1. The molecule has 0 radical (unpaired) electrons. The van der Waals surface area contributed by atoms with E-state index in [0.717, 1.165) is 43.3 Å². The summed E-state index contributed by atoms with van der Waals surface area (Å²) in [6.07, 6.45) is 0.227. The van der Waals surface area contributed by atoms with Crippen LogP contribution in [0.4, 0.5) is 0 Å². The van der Waals surface area contributed by atoms with Crippen molar-refractivity contribution in [2.24, 2.45) is 0 Å². The molecule has 1 aromatic rings. The monoisotopic (exact) mass is 282 g/mol. The molecule has 5 heteroatoms. The maximum absolute atomic E-state index is 10.5. The van der Waals surface area contributed by atoms with Crippen molar-refractivity contribution in [1.82, 2.24) is 9.80 Å². The number of piperazine rings is 1. The summed E-state index contributed by atoms with van der Waals surface area (Å²) in [7, 11) is 0. The second-order valence-electron chi connectivity index (χ2n) is 4.85. The van der Waals surface area contributed by atoms with Crippen LogP contribution in [0.3, 0.4) is 0 Å². The Morgan fingerprint density at radius 3 is 2.42 bits per heavy atom. The lowest BCUT2D eigenvalue weighted by Gasteiger charge is -2.34. The van der Waals surface area contributed by atoms with Crippen LogP contribution in [-0.2, 0) is 11.3 Å². The van der Waals surface area contributed by atoms with E-state index in [9.17, 15) is 4.79 Å². The smallest absolute Gasteiger partial charge is 0.304 e. The number of hydrogen-bond acceptors (Lipinski definition) is 3. The van der Waals surface area contributed by atoms with E-state index >= 15 is 0 Å². The van der Waals surface area contributed by atoms with Gasteiger partial charge in [-0.1, -0.05) is 29.8 Å². The molecule has 1 N–H and O–H groups in total. The van der Waals surface area contributed by atoms with Crippen molar-refractivity contribution in [2.75, 3.05) is 32.7 Å². The fourth-order valence-corrected chi connectivity index (χ4v) is 2.49. The average molecular weight is 283 g/mol. The molecule has 0 atom stereocenters. The normalized spacial score (nSPS) is 17.5. The molecule has 0 bridgehead atoms. The standard InChI is InChI=1S/C14H19ClN2O2/c15-13-4-2-1-3-12(13)11-17-9-7-16(8-10-17)6-5-14(18)19/h1-4H,5-11H2,(H,18,19).